The molecule has 4 aromatic rings. The number of anilines is 2. The van der Waals surface area contributed by atoms with Crippen LogP contribution in [0.5, 0.6) is 0 Å². The summed E-state index contributed by atoms with van der Waals surface area (Å²) in [5, 5.41) is 6.80. The fourth-order valence-electron chi connectivity index (χ4n) is 5.77. The minimum absolute atomic E-state index is 0.0452. The number of alkyl halides is 3. The lowest BCUT2D eigenvalue weighted by Gasteiger charge is -2.32. The van der Waals surface area contributed by atoms with Crippen LogP contribution in [0.1, 0.15) is 39.9 Å². The van der Waals surface area contributed by atoms with E-state index in [9.17, 15) is 18.0 Å². The SMILES string of the molecule is CNC1CCN(Cc2ccccc2)CC1.O=Cc1cccc(-c2cnc3c(c2)N(Cc2cc(Cl)ccc2C(F)(F)F)CCN3)c1. The number of benzene rings is 3. The van der Waals surface area contributed by atoms with E-state index in [1.54, 1.807) is 24.4 Å². The van der Waals surface area contributed by atoms with E-state index >= 15 is 0 Å². The smallest absolute Gasteiger partial charge is 0.367 e. The molecule has 0 amide bonds. The van der Waals surface area contributed by atoms with E-state index in [4.69, 9.17) is 11.6 Å². The maximum atomic E-state index is 13.5. The van der Waals surface area contributed by atoms with Gasteiger partial charge in [0.25, 0.3) is 0 Å². The lowest BCUT2D eigenvalue weighted by molar-refractivity contribution is -0.138. The molecule has 0 radical (unpaired) electrons. The molecular formula is C35H37ClF3N5O. The molecule has 2 aliphatic rings. The molecule has 236 valence electrons. The van der Waals surface area contributed by atoms with Crippen molar-refractivity contribution in [1.29, 1.82) is 0 Å². The molecule has 3 aromatic carbocycles. The molecule has 0 atom stereocenters. The van der Waals surface area contributed by atoms with E-state index in [1.807, 2.05) is 17.0 Å². The van der Waals surface area contributed by atoms with Crippen LogP contribution in [0.15, 0.2) is 85.1 Å². The summed E-state index contributed by atoms with van der Waals surface area (Å²) in [5.41, 5.74) is 3.65. The van der Waals surface area contributed by atoms with Gasteiger partial charge in [-0.25, -0.2) is 4.98 Å². The first-order valence-electron chi connectivity index (χ1n) is 15.1. The van der Waals surface area contributed by atoms with Crippen LogP contribution in [0.2, 0.25) is 5.02 Å². The van der Waals surface area contributed by atoms with Gasteiger partial charge in [-0.2, -0.15) is 13.2 Å². The van der Waals surface area contributed by atoms with Gasteiger partial charge in [0.1, 0.15) is 12.1 Å². The van der Waals surface area contributed by atoms with Gasteiger partial charge in [0.2, 0.25) is 0 Å². The number of fused-ring (bicyclic) bond motifs is 1. The second-order valence-electron chi connectivity index (χ2n) is 11.3. The van der Waals surface area contributed by atoms with Gasteiger partial charge in [0.15, 0.2) is 0 Å². The predicted octanol–water partition coefficient (Wildman–Crippen LogP) is 7.54. The Hall–Kier alpha value is -3.92. The monoisotopic (exact) mass is 635 g/mol. The lowest BCUT2D eigenvalue weighted by Crippen LogP contribution is -2.40. The highest BCUT2D eigenvalue weighted by atomic mass is 35.5. The number of carbonyl (C=O) groups is 1. The molecule has 0 unspecified atom stereocenters. The predicted molar refractivity (Wildman–Crippen MR) is 175 cm³/mol. The number of pyridine rings is 1. The average molecular weight is 636 g/mol. The Kier molecular flexibility index (Phi) is 10.8. The summed E-state index contributed by atoms with van der Waals surface area (Å²) in [6.07, 6.45) is 0.541. The highest BCUT2D eigenvalue weighted by Crippen LogP contribution is 2.37. The zero-order valence-corrected chi connectivity index (χ0v) is 25.9. The second kappa shape index (κ2) is 14.9. The third kappa shape index (κ3) is 8.63. The summed E-state index contributed by atoms with van der Waals surface area (Å²) in [6, 6.07) is 24.1. The fraction of sp³-hybridized carbons (Fsp3) is 0.314. The van der Waals surface area contributed by atoms with Crippen LogP contribution in [0.3, 0.4) is 0 Å². The van der Waals surface area contributed by atoms with E-state index in [1.165, 1.54) is 43.6 Å². The van der Waals surface area contributed by atoms with E-state index in [-0.39, 0.29) is 17.1 Å². The van der Waals surface area contributed by atoms with Gasteiger partial charge >= 0.3 is 6.18 Å². The van der Waals surface area contributed by atoms with Crippen molar-refractivity contribution in [1.82, 2.24) is 15.2 Å². The van der Waals surface area contributed by atoms with Crippen LogP contribution >= 0.6 is 11.6 Å². The molecule has 2 N–H and O–H groups in total. The van der Waals surface area contributed by atoms with Gasteiger partial charge < -0.3 is 15.5 Å². The number of nitrogens with zero attached hydrogens (tertiary/aromatic N) is 3. The average Bonchev–Trinajstić information content (AvgIpc) is 3.05. The van der Waals surface area contributed by atoms with Crippen LogP contribution < -0.4 is 15.5 Å². The molecule has 6 nitrogen and oxygen atoms in total. The van der Waals surface area contributed by atoms with Gasteiger partial charge in [-0.3, -0.25) is 9.69 Å². The number of carbonyl (C=O) groups excluding carboxylic acids is 1. The van der Waals surface area contributed by atoms with Gasteiger partial charge in [0.05, 0.1) is 11.3 Å². The molecule has 0 spiro atoms. The van der Waals surface area contributed by atoms with Crippen molar-refractivity contribution in [2.75, 3.05) is 43.4 Å². The van der Waals surface area contributed by atoms with Crippen molar-refractivity contribution in [2.45, 2.75) is 38.1 Å². The third-order valence-corrected chi connectivity index (χ3v) is 8.45. The maximum Gasteiger partial charge on any atom is 0.416 e. The van der Waals surface area contributed by atoms with E-state index in [2.05, 4.69) is 57.9 Å². The fourth-order valence-corrected chi connectivity index (χ4v) is 5.97. The van der Waals surface area contributed by atoms with Gasteiger partial charge in [0, 0.05) is 54.6 Å². The maximum absolute atomic E-state index is 13.5. The van der Waals surface area contributed by atoms with Crippen molar-refractivity contribution in [2.24, 2.45) is 0 Å². The van der Waals surface area contributed by atoms with Crippen molar-refractivity contribution >= 4 is 29.4 Å². The number of halogens is 4. The molecule has 0 bridgehead atoms. The molecule has 1 fully saturated rings. The minimum atomic E-state index is -4.47. The van der Waals surface area contributed by atoms with E-state index < -0.39 is 11.7 Å². The number of hydrogen-bond donors (Lipinski definition) is 2. The van der Waals surface area contributed by atoms with Gasteiger partial charge in [-0.1, -0.05) is 60.1 Å². The largest absolute Gasteiger partial charge is 0.416 e. The zero-order valence-electron chi connectivity index (χ0n) is 25.2. The second-order valence-corrected chi connectivity index (χ2v) is 11.7. The van der Waals surface area contributed by atoms with Crippen LogP contribution in [0, 0.1) is 0 Å². The molecule has 1 aromatic heterocycles. The molecular weight excluding hydrogens is 599 g/mol. The van der Waals surface area contributed by atoms with Gasteiger partial charge in [-0.15, -0.1) is 0 Å². The lowest BCUT2D eigenvalue weighted by atomic mass is 10.0. The molecule has 3 heterocycles. The molecule has 6 rings (SSSR count). The first-order chi connectivity index (χ1) is 21.7. The molecule has 10 heteroatoms. The quantitative estimate of drug-likeness (QED) is 0.205. The van der Waals surface area contributed by atoms with E-state index in [0.29, 0.717) is 30.2 Å². The Morgan fingerprint density at radius 3 is 2.44 bits per heavy atom. The van der Waals surface area contributed by atoms with E-state index in [0.717, 1.165) is 36.1 Å². The summed E-state index contributed by atoms with van der Waals surface area (Å²) >= 11 is 5.98. The Balaban J connectivity index is 0.000000223. The first-order valence-corrected chi connectivity index (χ1v) is 15.4. The Morgan fingerprint density at radius 2 is 1.73 bits per heavy atom. The summed E-state index contributed by atoms with van der Waals surface area (Å²) in [4.78, 5) is 19.9. The number of piperidine rings is 1. The molecule has 0 aliphatic carbocycles. The minimum Gasteiger partial charge on any atom is -0.367 e. The number of nitrogens with one attached hydrogen (secondary N) is 2. The van der Waals surface area contributed by atoms with Crippen molar-refractivity contribution in [3.63, 3.8) is 0 Å². The number of rotatable bonds is 7. The Labute approximate surface area is 267 Å². The summed E-state index contributed by atoms with van der Waals surface area (Å²) in [5.74, 6) is 0.604. The van der Waals surface area contributed by atoms with Gasteiger partial charge in [-0.05, 0) is 80.0 Å². The molecule has 0 saturated carbocycles. The number of likely N-dealkylation sites (tertiary alicyclic amines) is 1. The Morgan fingerprint density at radius 1 is 0.956 bits per heavy atom. The van der Waals surface area contributed by atoms with Crippen LogP contribution in [0.25, 0.3) is 11.1 Å². The van der Waals surface area contributed by atoms with Crippen LogP contribution in [-0.2, 0) is 19.3 Å². The topological polar surface area (TPSA) is 60.5 Å². The third-order valence-electron chi connectivity index (χ3n) is 8.22. The summed E-state index contributed by atoms with van der Waals surface area (Å²) in [6.45, 7) is 4.67. The van der Waals surface area contributed by atoms with Crippen molar-refractivity contribution < 1.29 is 18.0 Å². The summed E-state index contributed by atoms with van der Waals surface area (Å²) in [7, 11) is 2.07. The highest BCUT2D eigenvalue weighted by molar-refractivity contribution is 6.30. The number of hydrogen-bond acceptors (Lipinski definition) is 6. The first kappa shape index (κ1) is 32.5. The molecule has 1 saturated heterocycles. The van der Waals surface area contributed by atoms with Crippen LogP contribution in [-0.4, -0.2) is 55.4 Å². The number of aromatic nitrogens is 1. The van der Waals surface area contributed by atoms with Crippen molar-refractivity contribution in [3.8, 4) is 11.1 Å². The van der Waals surface area contributed by atoms with Crippen molar-refractivity contribution in [3.05, 3.63) is 112 Å². The summed E-state index contributed by atoms with van der Waals surface area (Å²) < 4.78 is 40.4. The molecule has 2 aliphatic heterocycles. The Bertz CT molecular complexity index is 1580. The normalized spacial score (nSPS) is 15.4. The molecule has 45 heavy (non-hydrogen) atoms. The van der Waals surface area contributed by atoms with Crippen LogP contribution in [0.4, 0.5) is 24.7 Å². The standard InChI is InChI=1S/C22H17ClF3N3O.C13H20N2/c23-18-4-5-19(22(24,25)26)17(9-18)12-29-7-6-27-21-20(29)10-16(11-28-21)15-3-1-2-14(8-15)13-30;1-14-13-7-9-15(10-8-13)11-12-5-3-2-4-6-12/h1-5,8-11,13H,6-7,12H2,(H,27,28);2-6,13-14H,7-11H2,1H3. The zero-order chi connectivity index (χ0) is 31.8. The highest BCUT2D eigenvalue weighted by Gasteiger charge is 2.34. The number of aldehydes is 1.